The summed E-state index contributed by atoms with van der Waals surface area (Å²) in [4.78, 5) is 14.6. The third-order valence-corrected chi connectivity index (χ3v) is 3.05. The maximum atomic E-state index is 12.3. The summed E-state index contributed by atoms with van der Waals surface area (Å²) in [7, 11) is 0. The van der Waals surface area contributed by atoms with Gasteiger partial charge in [0.2, 0.25) is 5.91 Å². The zero-order valence-electron chi connectivity index (χ0n) is 11.4. The molecule has 0 aliphatic carbocycles. The highest BCUT2D eigenvalue weighted by Gasteiger charge is 2.30. The van der Waals surface area contributed by atoms with E-state index in [1.165, 1.54) is 0 Å². The molecule has 0 aromatic carbocycles. The summed E-state index contributed by atoms with van der Waals surface area (Å²) >= 11 is 0. The van der Waals surface area contributed by atoms with Gasteiger partial charge in [-0.15, -0.1) is 0 Å². The summed E-state index contributed by atoms with van der Waals surface area (Å²) < 4.78 is 42.0. The second-order valence-corrected chi connectivity index (χ2v) is 4.71. The molecule has 1 fully saturated rings. The molecule has 1 saturated heterocycles. The smallest absolute Gasteiger partial charge is 0.395 e. The van der Waals surface area contributed by atoms with Crippen molar-refractivity contribution in [1.82, 2.24) is 9.80 Å². The first-order valence-corrected chi connectivity index (χ1v) is 6.68. The Kier molecular flexibility index (Phi) is 7.25. The van der Waals surface area contributed by atoms with Crippen LogP contribution in [-0.2, 0) is 9.53 Å². The molecule has 1 rings (SSSR count). The maximum absolute atomic E-state index is 12.3. The molecule has 0 aromatic rings. The molecule has 0 bridgehead atoms. The normalized spacial score (nSPS) is 16.8. The van der Waals surface area contributed by atoms with Crippen LogP contribution in [0.5, 0.6) is 0 Å². The Morgan fingerprint density at radius 3 is 2.45 bits per heavy atom. The summed E-state index contributed by atoms with van der Waals surface area (Å²) in [6, 6.07) is 0. The van der Waals surface area contributed by atoms with Crippen LogP contribution in [0.2, 0.25) is 0 Å². The number of aliphatic hydroxyl groups is 1. The van der Waals surface area contributed by atoms with Crippen LogP contribution < -0.4 is 0 Å². The fraction of sp³-hybridized carbons (Fsp3) is 0.917. The Morgan fingerprint density at radius 1 is 1.25 bits per heavy atom. The van der Waals surface area contributed by atoms with Crippen molar-refractivity contribution in [2.75, 3.05) is 52.5 Å². The van der Waals surface area contributed by atoms with Crippen LogP contribution in [0.4, 0.5) is 13.2 Å². The van der Waals surface area contributed by atoms with E-state index in [1.807, 2.05) is 0 Å². The molecule has 8 heteroatoms. The molecule has 0 atom stereocenters. The summed E-state index contributed by atoms with van der Waals surface area (Å²) in [5.41, 5.74) is 0. The van der Waals surface area contributed by atoms with Gasteiger partial charge in [-0.25, -0.2) is 0 Å². The molecule has 0 unspecified atom stereocenters. The highest BCUT2D eigenvalue weighted by molar-refractivity contribution is 5.76. The molecule has 1 heterocycles. The van der Waals surface area contributed by atoms with Gasteiger partial charge < -0.3 is 14.7 Å². The van der Waals surface area contributed by atoms with Gasteiger partial charge >= 0.3 is 6.18 Å². The molecule has 20 heavy (non-hydrogen) atoms. The van der Waals surface area contributed by atoms with E-state index in [4.69, 9.17) is 9.84 Å². The highest BCUT2D eigenvalue weighted by atomic mass is 19.4. The van der Waals surface area contributed by atoms with Crippen LogP contribution in [0.15, 0.2) is 0 Å². The van der Waals surface area contributed by atoms with Gasteiger partial charge in [-0.2, -0.15) is 13.2 Å². The van der Waals surface area contributed by atoms with Gasteiger partial charge in [0.15, 0.2) is 0 Å². The van der Waals surface area contributed by atoms with Crippen molar-refractivity contribution in [3.63, 3.8) is 0 Å². The quantitative estimate of drug-likeness (QED) is 0.743. The van der Waals surface area contributed by atoms with Crippen molar-refractivity contribution in [2.45, 2.75) is 19.0 Å². The van der Waals surface area contributed by atoms with Crippen molar-refractivity contribution >= 4 is 5.91 Å². The van der Waals surface area contributed by atoms with Crippen molar-refractivity contribution in [3.8, 4) is 0 Å². The minimum Gasteiger partial charge on any atom is -0.395 e. The van der Waals surface area contributed by atoms with E-state index < -0.39 is 12.7 Å². The van der Waals surface area contributed by atoms with Crippen molar-refractivity contribution in [3.05, 3.63) is 0 Å². The Balaban J connectivity index is 2.26. The number of nitrogens with zero attached hydrogens (tertiary/aromatic N) is 2. The van der Waals surface area contributed by atoms with E-state index in [9.17, 15) is 18.0 Å². The first-order chi connectivity index (χ1) is 9.42. The SMILES string of the molecule is O=C(CCCN(CCO)CC(F)(F)F)N1CCOCC1. The molecule has 1 N–H and O–H groups in total. The highest BCUT2D eigenvalue weighted by Crippen LogP contribution is 2.16. The zero-order chi connectivity index (χ0) is 15.0. The molecule has 1 aliphatic heterocycles. The minimum atomic E-state index is -4.29. The molecular formula is C12H21F3N2O3. The molecule has 0 saturated carbocycles. The third-order valence-electron chi connectivity index (χ3n) is 3.05. The van der Waals surface area contributed by atoms with Crippen molar-refractivity contribution < 1.29 is 27.8 Å². The van der Waals surface area contributed by atoms with Gasteiger partial charge in [-0.3, -0.25) is 9.69 Å². The Morgan fingerprint density at radius 2 is 1.90 bits per heavy atom. The van der Waals surface area contributed by atoms with Crippen LogP contribution in [0.25, 0.3) is 0 Å². The third kappa shape index (κ3) is 7.06. The molecule has 5 nitrogen and oxygen atoms in total. The van der Waals surface area contributed by atoms with E-state index in [-0.39, 0.29) is 32.0 Å². The lowest BCUT2D eigenvalue weighted by atomic mass is 10.2. The minimum absolute atomic E-state index is 0.0365. The van der Waals surface area contributed by atoms with Gasteiger partial charge in [0.05, 0.1) is 26.4 Å². The predicted molar refractivity (Wildman–Crippen MR) is 66.2 cm³/mol. The first kappa shape index (κ1) is 17.2. The summed E-state index contributed by atoms with van der Waals surface area (Å²) in [5.74, 6) is -0.0516. The topological polar surface area (TPSA) is 53.0 Å². The van der Waals surface area contributed by atoms with Gasteiger partial charge in [-0.1, -0.05) is 0 Å². The number of carbonyl (C=O) groups is 1. The second kappa shape index (κ2) is 8.43. The van der Waals surface area contributed by atoms with E-state index in [0.29, 0.717) is 32.7 Å². The Bertz CT molecular complexity index is 294. The van der Waals surface area contributed by atoms with Gasteiger partial charge in [0.25, 0.3) is 0 Å². The van der Waals surface area contributed by atoms with Gasteiger partial charge in [0, 0.05) is 26.1 Å². The van der Waals surface area contributed by atoms with Crippen LogP contribution in [0.1, 0.15) is 12.8 Å². The standard InChI is InChI=1S/C12H21F3N2O3/c13-12(14,15)10-16(4-7-18)3-1-2-11(19)17-5-8-20-9-6-17/h18H,1-10H2. The zero-order valence-corrected chi connectivity index (χ0v) is 11.4. The van der Waals surface area contributed by atoms with Crippen LogP contribution in [0.3, 0.4) is 0 Å². The predicted octanol–water partition coefficient (Wildman–Crippen LogP) is 0.482. The monoisotopic (exact) mass is 298 g/mol. The molecule has 0 radical (unpaired) electrons. The summed E-state index contributed by atoms with van der Waals surface area (Å²) in [6.45, 7) is 0.838. The number of ether oxygens (including phenoxy) is 1. The first-order valence-electron chi connectivity index (χ1n) is 6.68. The lowest BCUT2D eigenvalue weighted by Crippen LogP contribution is -2.41. The average Bonchev–Trinajstić information content (AvgIpc) is 2.38. The fourth-order valence-corrected chi connectivity index (χ4v) is 2.09. The largest absolute Gasteiger partial charge is 0.401 e. The number of rotatable bonds is 7. The number of aliphatic hydroxyl groups excluding tert-OH is 1. The van der Waals surface area contributed by atoms with Crippen LogP contribution in [0, 0.1) is 0 Å². The number of hydrogen-bond donors (Lipinski definition) is 1. The Labute approximate surface area is 116 Å². The fourth-order valence-electron chi connectivity index (χ4n) is 2.09. The van der Waals surface area contributed by atoms with Crippen molar-refractivity contribution in [1.29, 1.82) is 0 Å². The number of alkyl halides is 3. The summed E-state index contributed by atoms with van der Waals surface area (Å²) in [5, 5.41) is 8.75. The lowest BCUT2D eigenvalue weighted by Gasteiger charge is -2.27. The van der Waals surface area contributed by atoms with E-state index >= 15 is 0 Å². The number of morpholine rings is 1. The number of hydrogen-bond acceptors (Lipinski definition) is 4. The molecule has 1 aliphatic rings. The van der Waals surface area contributed by atoms with Crippen molar-refractivity contribution in [2.24, 2.45) is 0 Å². The second-order valence-electron chi connectivity index (χ2n) is 4.71. The Hall–Kier alpha value is -0.860. The van der Waals surface area contributed by atoms with E-state index in [1.54, 1.807) is 4.90 Å². The molecule has 0 spiro atoms. The van der Waals surface area contributed by atoms with Gasteiger partial charge in [0.1, 0.15) is 0 Å². The maximum Gasteiger partial charge on any atom is 0.401 e. The summed E-state index contributed by atoms with van der Waals surface area (Å²) in [6.07, 6.45) is -3.71. The molecule has 0 aromatic heterocycles. The molecule has 118 valence electrons. The lowest BCUT2D eigenvalue weighted by molar-refractivity contribution is -0.147. The molecule has 1 amide bonds. The number of carbonyl (C=O) groups excluding carboxylic acids is 1. The van der Waals surface area contributed by atoms with Gasteiger partial charge in [-0.05, 0) is 13.0 Å². The van der Waals surface area contributed by atoms with E-state index in [2.05, 4.69) is 0 Å². The van der Waals surface area contributed by atoms with E-state index in [0.717, 1.165) is 4.90 Å². The van der Waals surface area contributed by atoms with Crippen LogP contribution in [-0.4, -0.2) is 79.5 Å². The van der Waals surface area contributed by atoms with Crippen LogP contribution >= 0.6 is 0 Å². The number of halogens is 3. The average molecular weight is 298 g/mol. The molecular weight excluding hydrogens is 277 g/mol. The number of amides is 1.